The SMILES string of the molecule is COc1ccc(C(=O)O)cc1C1CCCCCCC1. The number of benzene rings is 1. The van der Waals surface area contributed by atoms with E-state index in [1.165, 1.54) is 32.1 Å². The zero-order valence-corrected chi connectivity index (χ0v) is 11.5. The van der Waals surface area contributed by atoms with Crippen molar-refractivity contribution in [3.8, 4) is 5.75 Å². The Bertz CT molecular complexity index is 432. The minimum atomic E-state index is -0.866. The van der Waals surface area contributed by atoms with Gasteiger partial charge in [0.2, 0.25) is 0 Å². The van der Waals surface area contributed by atoms with E-state index in [0.29, 0.717) is 11.5 Å². The summed E-state index contributed by atoms with van der Waals surface area (Å²) in [6.07, 6.45) is 8.64. The molecule has 1 N–H and O–H groups in total. The number of carbonyl (C=O) groups is 1. The largest absolute Gasteiger partial charge is 0.496 e. The van der Waals surface area contributed by atoms with E-state index in [4.69, 9.17) is 9.84 Å². The van der Waals surface area contributed by atoms with Crippen molar-refractivity contribution in [3.05, 3.63) is 29.3 Å². The van der Waals surface area contributed by atoms with E-state index < -0.39 is 5.97 Å². The number of hydrogen-bond donors (Lipinski definition) is 1. The van der Waals surface area contributed by atoms with Crippen LogP contribution in [0.5, 0.6) is 5.75 Å². The summed E-state index contributed by atoms with van der Waals surface area (Å²) in [6.45, 7) is 0. The molecule has 0 heterocycles. The van der Waals surface area contributed by atoms with Crippen molar-refractivity contribution in [3.63, 3.8) is 0 Å². The summed E-state index contributed by atoms with van der Waals surface area (Å²) in [7, 11) is 1.65. The number of aromatic carboxylic acids is 1. The first-order chi connectivity index (χ1) is 9.22. The van der Waals surface area contributed by atoms with Gasteiger partial charge in [0.1, 0.15) is 5.75 Å². The standard InChI is InChI=1S/C16H22O3/c1-19-15-10-9-13(16(17)18)11-14(15)12-7-5-3-2-4-6-8-12/h9-12H,2-8H2,1H3,(H,17,18). The number of rotatable bonds is 3. The van der Waals surface area contributed by atoms with E-state index in [1.54, 1.807) is 25.3 Å². The average molecular weight is 262 g/mol. The first-order valence-electron chi connectivity index (χ1n) is 7.13. The molecular weight excluding hydrogens is 240 g/mol. The number of hydrogen-bond acceptors (Lipinski definition) is 2. The van der Waals surface area contributed by atoms with Crippen molar-refractivity contribution in [2.75, 3.05) is 7.11 Å². The molecule has 19 heavy (non-hydrogen) atoms. The highest BCUT2D eigenvalue weighted by molar-refractivity contribution is 5.88. The fourth-order valence-corrected chi connectivity index (χ4v) is 2.95. The summed E-state index contributed by atoms with van der Waals surface area (Å²) in [5.41, 5.74) is 1.43. The molecular formula is C16H22O3. The van der Waals surface area contributed by atoms with Crippen molar-refractivity contribution in [1.82, 2.24) is 0 Å². The topological polar surface area (TPSA) is 46.5 Å². The van der Waals surface area contributed by atoms with E-state index in [-0.39, 0.29) is 0 Å². The van der Waals surface area contributed by atoms with Crippen molar-refractivity contribution < 1.29 is 14.6 Å². The molecule has 1 aliphatic rings. The molecule has 0 aromatic heterocycles. The summed E-state index contributed by atoms with van der Waals surface area (Å²) in [5.74, 6) is 0.403. The predicted octanol–water partition coefficient (Wildman–Crippen LogP) is 4.22. The molecule has 0 unspecified atom stereocenters. The lowest BCUT2D eigenvalue weighted by Crippen LogP contribution is -2.06. The van der Waals surface area contributed by atoms with Gasteiger partial charge < -0.3 is 9.84 Å². The zero-order chi connectivity index (χ0) is 13.7. The van der Waals surface area contributed by atoms with Gasteiger partial charge in [-0.2, -0.15) is 0 Å². The van der Waals surface area contributed by atoms with Crippen LogP contribution in [0.1, 0.15) is 66.8 Å². The minimum Gasteiger partial charge on any atom is -0.496 e. The van der Waals surface area contributed by atoms with E-state index >= 15 is 0 Å². The van der Waals surface area contributed by atoms with Crippen LogP contribution >= 0.6 is 0 Å². The molecule has 0 radical (unpaired) electrons. The van der Waals surface area contributed by atoms with Crippen LogP contribution in [0.2, 0.25) is 0 Å². The summed E-state index contributed by atoms with van der Waals surface area (Å²) >= 11 is 0. The molecule has 104 valence electrons. The molecule has 1 aromatic carbocycles. The Morgan fingerprint density at radius 1 is 1.16 bits per heavy atom. The quantitative estimate of drug-likeness (QED) is 0.887. The Labute approximate surface area is 114 Å². The molecule has 2 rings (SSSR count). The second-order valence-electron chi connectivity index (χ2n) is 5.30. The molecule has 1 aromatic rings. The summed E-state index contributed by atoms with van der Waals surface area (Å²) in [5, 5.41) is 9.13. The summed E-state index contributed by atoms with van der Waals surface area (Å²) in [6, 6.07) is 5.21. The Morgan fingerprint density at radius 2 is 1.79 bits per heavy atom. The molecule has 0 aliphatic heterocycles. The molecule has 1 fully saturated rings. The third-order valence-electron chi connectivity index (χ3n) is 4.02. The highest BCUT2D eigenvalue weighted by atomic mass is 16.5. The van der Waals surface area contributed by atoms with Gasteiger partial charge in [0, 0.05) is 0 Å². The molecule has 0 spiro atoms. The molecule has 3 nitrogen and oxygen atoms in total. The lowest BCUT2D eigenvalue weighted by atomic mass is 9.85. The first-order valence-corrected chi connectivity index (χ1v) is 7.13. The Balaban J connectivity index is 2.28. The lowest BCUT2D eigenvalue weighted by Gasteiger charge is -2.22. The fourth-order valence-electron chi connectivity index (χ4n) is 2.95. The first kappa shape index (κ1) is 13.9. The second kappa shape index (κ2) is 6.60. The Kier molecular flexibility index (Phi) is 4.83. The van der Waals surface area contributed by atoms with E-state index in [2.05, 4.69) is 0 Å². The maximum absolute atomic E-state index is 11.1. The van der Waals surface area contributed by atoms with Crippen LogP contribution in [-0.2, 0) is 0 Å². The summed E-state index contributed by atoms with van der Waals surface area (Å²) < 4.78 is 5.41. The van der Waals surface area contributed by atoms with Crippen LogP contribution in [0.3, 0.4) is 0 Å². The Hall–Kier alpha value is -1.51. The molecule has 1 saturated carbocycles. The summed E-state index contributed by atoms with van der Waals surface area (Å²) in [4.78, 5) is 11.1. The van der Waals surface area contributed by atoms with Crippen LogP contribution in [0.4, 0.5) is 0 Å². The van der Waals surface area contributed by atoms with Gasteiger partial charge >= 0.3 is 5.97 Å². The number of methoxy groups -OCH3 is 1. The van der Waals surface area contributed by atoms with Crippen molar-refractivity contribution in [2.45, 2.75) is 50.9 Å². The Morgan fingerprint density at radius 3 is 2.37 bits per heavy atom. The van der Waals surface area contributed by atoms with Crippen LogP contribution in [0, 0.1) is 0 Å². The average Bonchev–Trinajstić information content (AvgIpc) is 2.37. The van der Waals surface area contributed by atoms with Gasteiger partial charge in [0.25, 0.3) is 0 Å². The number of carboxylic acid groups (broad SMARTS) is 1. The fraction of sp³-hybridized carbons (Fsp3) is 0.562. The minimum absolute atomic E-state index is 0.359. The van der Waals surface area contributed by atoms with E-state index in [1.807, 2.05) is 0 Å². The van der Waals surface area contributed by atoms with Crippen molar-refractivity contribution >= 4 is 5.97 Å². The number of carboxylic acids is 1. The van der Waals surface area contributed by atoms with Gasteiger partial charge in [-0.3, -0.25) is 0 Å². The molecule has 0 amide bonds. The predicted molar refractivity (Wildman–Crippen MR) is 75.0 cm³/mol. The van der Waals surface area contributed by atoms with Gasteiger partial charge in [-0.25, -0.2) is 4.79 Å². The van der Waals surface area contributed by atoms with Crippen molar-refractivity contribution in [1.29, 1.82) is 0 Å². The normalized spacial score (nSPS) is 17.5. The zero-order valence-electron chi connectivity index (χ0n) is 11.5. The smallest absolute Gasteiger partial charge is 0.335 e. The lowest BCUT2D eigenvalue weighted by molar-refractivity contribution is 0.0696. The van der Waals surface area contributed by atoms with Crippen LogP contribution in [-0.4, -0.2) is 18.2 Å². The maximum atomic E-state index is 11.1. The highest BCUT2D eigenvalue weighted by Crippen LogP contribution is 2.36. The van der Waals surface area contributed by atoms with Gasteiger partial charge in [0.15, 0.2) is 0 Å². The van der Waals surface area contributed by atoms with Crippen molar-refractivity contribution in [2.24, 2.45) is 0 Å². The maximum Gasteiger partial charge on any atom is 0.335 e. The molecule has 3 heteroatoms. The highest BCUT2D eigenvalue weighted by Gasteiger charge is 2.19. The third-order valence-corrected chi connectivity index (χ3v) is 4.02. The second-order valence-corrected chi connectivity index (χ2v) is 5.30. The van der Waals surface area contributed by atoms with Gasteiger partial charge in [-0.05, 0) is 42.5 Å². The number of ether oxygens (including phenoxy) is 1. The van der Waals surface area contributed by atoms with E-state index in [9.17, 15) is 4.79 Å². The van der Waals surface area contributed by atoms with Crippen LogP contribution in [0.25, 0.3) is 0 Å². The van der Waals surface area contributed by atoms with Gasteiger partial charge in [-0.1, -0.05) is 32.1 Å². The molecule has 0 bridgehead atoms. The monoisotopic (exact) mass is 262 g/mol. The van der Waals surface area contributed by atoms with E-state index in [0.717, 1.165) is 24.2 Å². The van der Waals surface area contributed by atoms with Gasteiger partial charge in [-0.15, -0.1) is 0 Å². The molecule has 1 aliphatic carbocycles. The van der Waals surface area contributed by atoms with Gasteiger partial charge in [0.05, 0.1) is 12.7 Å². The third kappa shape index (κ3) is 3.49. The van der Waals surface area contributed by atoms with Crippen LogP contribution < -0.4 is 4.74 Å². The molecule has 0 saturated heterocycles. The molecule has 0 atom stereocenters. The van der Waals surface area contributed by atoms with Crippen LogP contribution in [0.15, 0.2) is 18.2 Å².